The molecular weight excluding hydrogens is 592 g/mol. The number of nitrogens with one attached hydrogen (secondary N) is 2. The molecule has 0 radical (unpaired) electrons. The van der Waals surface area contributed by atoms with Crippen LogP contribution in [0.4, 0.5) is 5.95 Å². The lowest BCUT2D eigenvalue weighted by atomic mass is 10.0. The number of hydrogen-bond acceptors (Lipinski definition) is 11. The fraction of sp³-hybridized carbons (Fsp3) is 0.452. The molecule has 2 saturated heterocycles. The van der Waals surface area contributed by atoms with Gasteiger partial charge in [0.25, 0.3) is 0 Å². The number of carbonyl (C=O) groups is 2. The van der Waals surface area contributed by atoms with E-state index < -0.39 is 18.2 Å². The molecule has 0 aliphatic carbocycles. The summed E-state index contributed by atoms with van der Waals surface area (Å²) in [4.78, 5) is 45.4. The Hall–Kier alpha value is -4.27. The van der Waals surface area contributed by atoms with Crippen LogP contribution in [0.3, 0.4) is 0 Å². The minimum absolute atomic E-state index is 0.0753. The Bertz CT molecular complexity index is 1610. The number of carbonyl (C=O) groups excluding carboxylic acids is 2. The molecule has 5 heterocycles. The van der Waals surface area contributed by atoms with E-state index in [2.05, 4.69) is 40.8 Å². The molecule has 1 aromatic carbocycles. The van der Waals surface area contributed by atoms with Gasteiger partial charge >= 0.3 is 0 Å². The van der Waals surface area contributed by atoms with Crippen molar-refractivity contribution in [2.75, 3.05) is 37.6 Å². The molecule has 0 spiro atoms. The molecule has 0 unspecified atom stereocenters. The summed E-state index contributed by atoms with van der Waals surface area (Å²) in [5, 5.41) is 25.4. The van der Waals surface area contributed by atoms with Crippen molar-refractivity contribution in [2.24, 2.45) is 5.92 Å². The van der Waals surface area contributed by atoms with Crippen LogP contribution >= 0.6 is 11.3 Å². The summed E-state index contributed by atoms with van der Waals surface area (Å²) in [7, 11) is 0. The number of aliphatic hydroxyl groups excluding tert-OH is 1. The molecule has 2 aliphatic heterocycles. The Morgan fingerprint density at radius 3 is 2.49 bits per heavy atom. The maximum atomic E-state index is 14.0. The van der Waals surface area contributed by atoms with Crippen LogP contribution in [0.25, 0.3) is 21.7 Å². The van der Waals surface area contributed by atoms with E-state index in [-0.39, 0.29) is 30.7 Å². The molecule has 3 atom stereocenters. The predicted octanol–water partition coefficient (Wildman–Crippen LogP) is 2.05. The maximum Gasteiger partial charge on any atom is 0.248 e. The van der Waals surface area contributed by atoms with Crippen molar-refractivity contribution in [3.8, 4) is 21.7 Å². The molecular formula is C31H38N10O3S. The number of likely N-dealkylation sites (tertiary alicyclic amines) is 1. The molecule has 3 N–H and O–H groups in total. The Morgan fingerprint density at radius 1 is 1.09 bits per heavy atom. The Labute approximate surface area is 265 Å². The number of aryl methyl sites for hydroxylation is 1. The molecule has 2 aliphatic rings. The van der Waals surface area contributed by atoms with E-state index in [4.69, 9.17) is 0 Å². The Morgan fingerprint density at radius 2 is 1.82 bits per heavy atom. The largest absolute Gasteiger partial charge is 0.391 e. The zero-order chi connectivity index (χ0) is 31.5. The van der Waals surface area contributed by atoms with Gasteiger partial charge in [-0.25, -0.2) is 19.6 Å². The van der Waals surface area contributed by atoms with Crippen LogP contribution in [0.5, 0.6) is 0 Å². The van der Waals surface area contributed by atoms with Gasteiger partial charge in [-0.3, -0.25) is 9.59 Å². The topological polar surface area (TPSA) is 154 Å². The quantitative estimate of drug-likeness (QED) is 0.250. The number of thiazole rings is 1. The number of amides is 2. The molecule has 45 heavy (non-hydrogen) atoms. The van der Waals surface area contributed by atoms with Gasteiger partial charge in [-0.1, -0.05) is 43.3 Å². The molecule has 13 nitrogen and oxygen atoms in total. The molecule has 2 fully saturated rings. The van der Waals surface area contributed by atoms with Crippen LogP contribution in [0.15, 0.2) is 48.4 Å². The summed E-state index contributed by atoms with van der Waals surface area (Å²) in [6.07, 6.45) is 4.53. The smallest absolute Gasteiger partial charge is 0.248 e. The van der Waals surface area contributed by atoms with Gasteiger partial charge in [0.1, 0.15) is 17.8 Å². The second kappa shape index (κ2) is 13.4. The third kappa shape index (κ3) is 6.72. The third-order valence-electron chi connectivity index (χ3n) is 8.31. The van der Waals surface area contributed by atoms with E-state index in [9.17, 15) is 14.7 Å². The minimum atomic E-state index is -0.794. The van der Waals surface area contributed by atoms with E-state index in [1.807, 2.05) is 50.5 Å². The number of rotatable bonds is 9. The predicted molar refractivity (Wildman–Crippen MR) is 170 cm³/mol. The summed E-state index contributed by atoms with van der Waals surface area (Å²) < 4.78 is 1.54. The molecule has 2 amide bonds. The highest BCUT2D eigenvalue weighted by molar-refractivity contribution is 7.13. The van der Waals surface area contributed by atoms with Gasteiger partial charge in [-0.2, -0.15) is 0 Å². The number of nitrogens with zero attached hydrogens (tertiary/aromatic N) is 8. The first-order valence-electron chi connectivity index (χ1n) is 15.2. The average Bonchev–Trinajstić information content (AvgIpc) is 3.81. The molecule has 3 aromatic heterocycles. The molecule has 0 bridgehead atoms. The second-order valence-electron chi connectivity index (χ2n) is 11.9. The third-order valence-corrected chi connectivity index (χ3v) is 9.28. The van der Waals surface area contributed by atoms with Crippen LogP contribution in [-0.4, -0.2) is 96.6 Å². The average molecular weight is 631 g/mol. The summed E-state index contributed by atoms with van der Waals surface area (Å²) in [5.74, 6) is -0.0677. The zero-order valence-corrected chi connectivity index (χ0v) is 26.4. The van der Waals surface area contributed by atoms with Gasteiger partial charge < -0.3 is 25.5 Å². The monoisotopic (exact) mass is 630 g/mol. The van der Waals surface area contributed by atoms with Crippen molar-refractivity contribution in [2.45, 2.75) is 51.9 Å². The standard InChI is InChI=1S/C31H38N10O3S/c1-19(2)27(41-17-25(37-38-41)23-14-34-31(35-15-23)39-10-8-32-9-11-39)30(44)40-16-24(42)12-26(40)29(43)33-13-21-4-6-22(7-5-21)28-20(3)36-18-45-28/h4-7,14-15,17-19,24,26-27,32,42H,8-13,16H2,1-3H3,(H,33,43)/t24-,26+,27+/m1/s1. The second-order valence-corrected chi connectivity index (χ2v) is 12.7. The molecule has 6 rings (SSSR count). The first kappa shape index (κ1) is 30.7. The number of piperazine rings is 1. The van der Waals surface area contributed by atoms with Gasteiger partial charge in [0, 0.05) is 63.6 Å². The summed E-state index contributed by atoms with van der Waals surface area (Å²) in [5.41, 5.74) is 6.07. The van der Waals surface area contributed by atoms with Gasteiger partial charge in [0.05, 0.1) is 28.4 Å². The number of anilines is 1. The van der Waals surface area contributed by atoms with Crippen molar-refractivity contribution in [3.05, 3.63) is 59.6 Å². The van der Waals surface area contributed by atoms with Gasteiger partial charge in [-0.05, 0) is 24.0 Å². The van der Waals surface area contributed by atoms with E-state index in [1.54, 1.807) is 34.6 Å². The fourth-order valence-corrected chi connectivity index (χ4v) is 6.68. The summed E-state index contributed by atoms with van der Waals surface area (Å²) in [6, 6.07) is 6.48. The number of hydrogen-bond donors (Lipinski definition) is 3. The normalized spacial score (nSPS) is 19.2. The van der Waals surface area contributed by atoms with E-state index >= 15 is 0 Å². The number of β-amino-alcohol motifs (C(OH)–C–C–N with tert-alkyl or cyclic N) is 1. The van der Waals surface area contributed by atoms with E-state index in [0.29, 0.717) is 23.8 Å². The van der Waals surface area contributed by atoms with Crippen LogP contribution in [0, 0.1) is 12.8 Å². The van der Waals surface area contributed by atoms with Crippen molar-refractivity contribution in [1.82, 2.24) is 45.5 Å². The number of benzene rings is 1. The number of aliphatic hydroxyl groups is 1. The van der Waals surface area contributed by atoms with Crippen molar-refractivity contribution < 1.29 is 14.7 Å². The van der Waals surface area contributed by atoms with E-state index in [0.717, 1.165) is 47.9 Å². The molecule has 14 heteroatoms. The first-order valence-corrected chi connectivity index (χ1v) is 16.1. The van der Waals surface area contributed by atoms with Crippen LogP contribution in [0.1, 0.15) is 37.6 Å². The van der Waals surface area contributed by atoms with E-state index in [1.165, 1.54) is 4.90 Å². The van der Waals surface area contributed by atoms with Gasteiger partial charge in [0.2, 0.25) is 17.8 Å². The van der Waals surface area contributed by atoms with Crippen LogP contribution in [0.2, 0.25) is 0 Å². The first-order chi connectivity index (χ1) is 21.8. The lowest BCUT2D eigenvalue weighted by Gasteiger charge is -2.29. The van der Waals surface area contributed by atoms with Crippen LogP contribution in [-0.2, 0) is 16.1 Å². The van der Waals surface area contributed by atoms with Crippen molar-refractivity contribution in [3.63, 3.8) is 0 Å². The highest BCUT2D eigenvalue weighted by Gasteiger charge is 2.42. The SMILES string of the molecule is Cc1ncsc1-c1ccc(CNC(=O)[C@@H]2C[C@@H](O)CN2C(=O)[C@H](C(C)C)n2cc(-c3cnc(N4CCNCC4)nc3)nn2)cc1. The summed E-state index contributed by atoms with van der Waals surface area (Å²) >= 11 is 1.59. The molecule has 236 valence electrons. The number of aromatic nitrogens is 6. The highest BCUT2D eigenvalue weighted by Crippen LogP contribution is 2.29. The summed E-state index contributed by atoms with van der Waals surface area (Å²) in [6.45, 7) is 9.69. The Balaban J connectivity index is 1.12. The minimum Gasteiger partial charge on any atom is -0.391 e. The maximum absolute atomic E-state index is 14.0. The lowest BCUT2D eigenvalue weighted by Crippen LogP contribution is -2.49. The zero-order valence-electron chi connectivity index (χ0n) is 25.6. The van der Waals surface area contributed by atoms with Gasteiger partial charge in [-0.15, -0.1) is 16.4 Å². The Kier molecular flexibility index (Phi) is 9.14. The van der Waals surface area contributed by atoms with Crippen LogP contribution < -0.4 is 15.5 Å². The molecule has 0 saturated carbocycles. The highest BCUT2D eigenvalue weighted by atomic mass is 32.1. The van der Waals surface area contributed by atoms with Crippen molar-refractivity contribution in [1.29, 1.82) is 0 Å². The lowest BCUT2D eigenvalue weighted by molar-refractivity contribution is -0.142. The molecule has 4 aromatic rings. The van der Waals surface area contributed by atoms with Crippen molar-refractivity contribution >= 4 is 29.1 Å². The van der Waals surface area contributed by atoms with Gasteiger partial charge in [0.15, 0.2) is 0 Å². The fourth-order valence-electron chi connectivity index (χ4n) is 5.87.